The molecule has 1 heterocycles. The Kier molecular flexibility index (Phi) is 4.62. The van der Waals surface area contributed by atoms with Crippen molar-refractivity contribution < 1.29 is 9.72 Å². The first-order valence-electron chi connectivity index (χ1n) is 5.04. The van der Waals surface area contributed by atoms with Gasteiger partial charge in [0, 0.05) is 6.54 Å². The van der Waals surface area contributed by atoms with Gasteiger partial charge in [0.2, 0.25) is 5.91 Å². The Labute approximate surface area is 106 Å². The maximum atomic E-state index is 11.5. The average Bonchev–Trinajstić information content (AvgIpc) is 2.56. The minimum Gasteiger partial charge on any atom is -0.358 e. The number of nitrogens with one attached hydrogen (secondary N) is 1. The van der Waals surface area contributed by atoms with Gasteiger partial charge in [0.15, 0.2) is 0 Å². The van der Waals surface area contributed by atoms with Gasteiger partial charge in [-0.3, -0.25) is 4.79 Å². The van der Waals surface area contributed by atoms with Crippen LogP contribution in [0, 0.1) is 16.0 Å². The van der Waals surface area contributed by atoms with Crippen molar-refractivity contribution in [1.29, 1.82) is 0 Å². The van der Waals surface area contributed by atoms with Crippen LogP contribution in [-0.4, -0.2) is 27.2 Å². The van der Waals surface area contributed by atoms with E-state index in [-0.39, 0.29) is 22.7 Å². The maximum Gasteiger partial charge on any atom is 0.404 e. The zero-order valence-corrected chi connectivity index (χ0v) is 11.1. The van der Waals surface area contributed by atoms with Crippen LogP contribution in [0.5, 0.6) is 0 Å². The van der Waals surface area contributed by atoms with Gasteiger partial charge in [0.05, 0.1) is 11.3 Å². The Morgan fingerprint density at radius 2 is 2.35 bits per heavy atom. The van der Waals surface area contributed by atoms with Gasteiger partial charge in [0.25, 0.3) is 0 Å². The molecule has 0 aliphatic rings. The second-order valence-corrected chi connectivity index (χ2v) is 4.81. The summed E-state index contributed by atoms with van der Waals surface area (Å²) < 4.78 is 1.50. The molecule has 0 spiro atoms. The highest BCUT2D eigenvalue weighted by Crippen LogP contribution is 2.21. The van der Waals surface area contributed by atoms with Gasteiger partial charge in [-0.15, -0.1) is 0 Å². The van der Waals surface area contributed by atoms with Crippen molar-refractivity contribution in [1.82, 2.24) is 15.1 Å². The predicted octanol–water partition coefficient (Wildman–Crippen LogP) is 1.33. The van der Waals surface area contributed by atoms with E-state index in [4.69, 9.17) is 0 Å². The molecular formula is C9H13BrN4O3. The van der Waals surface area contributed by atoms with Crippen LogP contribution in [0.15, 0.2) is 10.7 Å². The highest BCUT2D eigenvalue weighted by Gasteiger charge is 2.19. The summed E-state index contributed by atoms with van der Waals surface area (Å²) in [5.74, 6) is -0.150. The number of rotatable bonds is 5. The maximum absolute atomic E-state index is 11.5. The first kappa shape index (κ1) is 13.6. The number of carbonyl (C=O) groups is 1. The van der Waals surface area contributed by atoms with E-state index >= 15 is 0 Å². The minimum atomic E-state index is -0.605. The molecule has 0 radical (unpaired) electrons. The van der Waals surface area contributed by atoms with Crippen LogP contribution in [-0.2, 0) is 11.3 Å². The second-order valence-electron chi connectivity index (χ2n) is 3.95. The van der Waals surface area contributed by atoms with Crippen molar-refractivity contribution in [3.8, 4) is 0 Å². The summed E-state index contributed by atoms with van der Waals surface area (Å²) in [6.07, 6.45) is 1.41. The van der Waals surface area contributed by atoms with Crippen molar-refractivity contribution >= 4 is 27.7 Å². The lowest BCUT2D eigenvalue weighted by Gasteiger charge is -2.05. The van der Waals surface area contributed by atoms with Crippen LogP contribution >= 0.6 is 15.9 Å². The van der Waals surface area contributed by atoms with Crippen LogP contribution in [0.25, 0.3) is 0 Å². The third-order valence-corrected chi connectivity index (χ3v) is 2.44. The quantitative estimate of drug-likeness (QED) is 0.656. The molecule has 1 rings (SSSR count). The van der Waals surface area contributed by atoms with Gasteiger partial charge in [-0.1, -0.05) is 13.8 Å². The fraction of sp³-hybridized carbons (Fsp3) is 0.556. The topological polar surface area (TPSA) is 90.1 Å². The van der Waals surface area contributed by atoms with Crippen LogP contribution < -0.4 is 5.32 Å². The molecule has 7 nitrogen and oxygen atoms in total. The number of nitrogens with zero attached hydrogens (tertiary/aromatic N) is 3. The fourth-order valence-electron chi connectivity index (χ4n) is 1.11. The lowest BCUT2D eigenvalue weighted by atomic mass is 10.2. The highest BCUT2D eigenvalue weighted by molar-refractivity contribution is 9.10. The second kappa shape index (κ2) is 5.76. The number of hydrogen-bond acceptors (Lipinski definition) is 4. The predicted molar refractivity (Wildman–Crippen MR) is 64.4 cm³/mol. The molecule has 0 aliphatic carbocycles. The third kappa shape index (κ3) is 4.14. The van der Waals surface area contributed by atoms with Crippen LogP contribution in [0.1, 0.15) is 13.8 Å². The lowest BCUT2D eigenvalue weighted by Crippen LogP contribution is -2.30. The summed E-state index contributed by atoms with van der Waals surface area (Å²) >= 11 is 3.01. The van der Waals surface area contributed by atoms with Gasteiger partial charge in [-0.05, 0) is 26.8 Å². The highest BCUT2D eigenvalue weighted by atomic mass is 79.9. The number of amides is 1. The van der Waals surface area contributed by atoms with Gasteiger partial charge < -0.3 is 15.4 Å². The van der Waals surface area contributed by atoms with Gasteiger partial charge in [-0.25, -0.2) is 0 Å². The Morgan fingerprint density at radius 1 is 1.71 bits per heavy atom. The molecule has 0 fully saturated rings. The molecule has 94 valence electrons. The third-order valence-electron chi connectivity index (χ3n) is 1.89. The minimum absolute atomic E-state index is 0.0286. The normalized spacial score (nSPS) is 10.6. The standard InChI is InChI=1S/C9H13BrN4O3/c1-6(2)3-11-8(15)5-13-4-7(10)9(12-13)14(16)17/h4,6H,3,5H2,1-2H3,(H,11,15). The molecule has 1 N–H and O–H groups in total. The fourth-order valence-corrected chi connectivity index (χ4v) is 1.57. The van der Waals surface area contributed by atoms with E-state index in [0.717, 1.165) is 0 Å². The lowest BCUT2D eigenvalue weighted by molar-refractivity contribution is -0.390. The molecule has 0 bridgehead atoms. The zero-order valence-electron chi connectivity index (χ0n) is 9.51. The summed E-state index contributed by atoms with van der Waals surface area (Å²) in [4.78, 5) is 21.4. The van der Waals surface area contributed by atoms with E-state index in [9.17, 15) is 14.9 Å². The Balaban J connectivity index is 2.60. The van der Waals surface area contributed by atoms with Crippen LogP contribution in [0.2, 0.25) is 0 Å². The smallest absolute Gasteiger partial charge is 0.358 e. The van der Waals surface area contributed by atoms with Crippen molar-refractivity contribution in [2.45, 2.75) is 20.4 Å². The molecule has 0 aromatic carbocycles. The zero-order chi connectivity index (χ0) is 13.0. The molecule has 1 aromatic heterocycles. The number of carbonyl (C=O) groups excluding carboxylic acids is 1. The Hall–Kier alpha value is -1.44. The molecule has 8 heteroatoms. The number of aromatic nitrogens is 2. The Morgan fingerprint density at radius 3 is 2.82 bits per heavy atom. The van der Waals surface area contributed by atoms with Crippen molar-refractivity contribution in [2.75, 3.05) is 6.54 Å². The summed E-state index contributed by atoms with van der Waals surface area (Å²) in [5.41, 5.74) is 0. The summed E-state index contributed by atoms with van der Waals surface area (Å²) in [5, 5.41) is 16.9. The summed E-state index contributed by atoms with van der Waals surface area (Å²) in [6.45, 7) is 4.51. The molecule has 1 aromatic rings. The van der Waals surface area contributed by atoms with Crippen molar-refractivity contribution in [3.63, 3.8) is 0 Å². The van der Waals surface area contributed by atoms with E-state index in [1.165, 1.54) is 10.9 Å². The monoisotopic (exact) mass is 304 g/mol. The van der Waals surface area contributed by atoms with E-state index in [2.05, 4.69) is 26.3 Å². The molecule has 0 aliphatic heterocycles. The molecule has 0 saturated heterocycles. The molecule has 0 unspecified atom stereocenters. The SMILES string of the molecule is CC(C)CNC(=O)Cn1cc(Br)c([N+](=O)[O-])n1. The van der Waals surface area contributed by atoms with Gasteiger partial charge in [-0.2, -0.15) is 4.68 Å². The largest absolute Gasteiger partial charge is 0.404 e. The number of halogens is 1. The van der Waals surface area contributed by atoms with E-state index < -0.39 is 4.92 Å². The average molecular weight is 305 g/mol. The van der Waals surface area contributed by atoms with E-state index in [1.807, 2.05) is 13.8 Å². The van der Waals surface area contributed by atoms with Crippen molar-refractivity contribution in [2.24, 2.45) is 5.92 Å². The first-order valence-corrected chi connectivity index (χ1v) is 5.83. The molecule has 1 amide bonds. The molecule has 17 heavy (non-hydrogen) atoms. The van der Waals surface area contributed by atoms with E-state index in [1.54, 1.807) is 0 Å². The van der Waals surface area contributed by atoms with E-state index in [0.29, 0.717) is 12.5 Å². The molecule has 0 atom stereocenters. The van der Waals surface area contributed by atoms with Crippen LogP contribution in [0.4, 0.5) is 5.82 Å². The number of nitro groups is 1. The summed E-state index contributed by atoms with van der Waals surface area (Å²) in [7, 11) is 0. The summed E-state index contributed by atoms with van der Waals surface area (Å²) in [6, 6.07) is 0. The van der Waals surface area contributed by atoms with Gasteiger partial charge in [0.1, 0.15) is 11.0 Å². The van der Waals surface area contributed by atoms with Crippen LogP contribution in [0.3, 0.4) is 0 Å². The molecular weight excluding hydrogens is 292 g/mol. The first-order chi connectivity index (χ1) is 7.90. The van der Waals surface area contributed by atoms with Crippen molar-refractivity contribution in [3.05, 3.63) is 20.8 Å². The molecule has 0 saturated carbocycles. The number of hydrogen-bond donors (Lipinski definition) is 1. The van der Waals surface area contributed by atoms with Gasteiger partial charge >= 0.3 is 5.82 Å². The Bertz CT molecular complexity index is 430.